The van der Waals surface area contributed by atoms with Crippen molar-refractivity contribution in [2.75, 3.05) is 26.4 Å². The zero-order chi connectivity index (χ0) is 27.4. The molecule has 0 aliphatic carbocycles. The van der Waals surface area contributed by atoms with Crippen LogP contribution in [0.2, 0.25) is 0 Å². The lowest BCUT2D eigenvalue weighted by Crippen LogP contribution is -2.62. The van der Waals surface area contributed by atoms with Crippen molar-refractivity contribution < 1.29 is 51.4 Å². The van der Waals surface area contributed by atoms with Gasteiger partial charge < -0.3 is 24.1 Å². The van der Waals surface area contributed by atoms with Gasteiger partial charge in [-0.15, -0.1) is 0 Å². The van der Waals surface area contributed by atoms with Gasteiger partial charge in [0.05, 0.1) is 18.9 Å². The summed E-state index contributed by atoms with van der Waals surface area (Å²) < 4.78 is 69.7. The summed E-state index contributed by atoms with van der Waals surface area (Å²) in [5.74, 6) is -8.28. The number of halogens is 3. The van der Waals surface area contributed by atoms with Crippen LogP contribution in [0.25, 0.3) is 11.0 Å². The number of nitrogens with zero attached hydrogens (tertiary/aromatic N) is 3. The first-order chi connectivity index (χ1) is 17.5. The molecule has 1 aromatic carbocycles. The van der Waals surface area contributed by atoms with Crippen molar-refractivity contribution in [3.8, 4) is 0 Å². The van der Waals surface area contributed by atoms with Crippen molar-refractivity contribution in [2.45, 2.75) is 51.8 Å². The third-order valence-corrected chi connectivity index (χ3v) is 5.82. The summed E-state index contributed by atoms with van der Waals surface area (Å²) >= 11 is 0. The summed E-state index contributed by atoms with van der Waals surface area (Å²) in [7, 11) is 0. The number of aromatic nitrogens is 2. The number of fused-ring (bicyclic) bond motifs is 1. The summed E-state index contributed by atoms with van der Waals surface area (Å²) in [5.41, 5.74) is -4.54. The molecule has 14 heteroatoms. The van der Waals surface area contributed by atoms with Crippen LogP contribution in [0.4, 0.5) is 13.2 Å². The molecule has 0 saturated heterocycles. The normalized spacial score (nSPS) is 24.2. The molecule has 0 radical (unpaired) electrons. The first-order valence-corrected chi connectivity index (χ1v) is 11.7. The van der Waals surface area contributed by atoms with Gasteiger partial charge in [-0.1, -0.05) is 12.1 Å². The number of alkyl halides is 3. The van der Waals surface area contributed by atoms with Crippen molar-refractivity contribution in [3.63, 3.8) is 0 Å². The Morgan fingerprint density at radius 1 is 1.03 bits per heavy atom. The molecule has 37 heavy (non-hydrogen) atoms. The van der Waals surface area contributed by atoms with E-state index in [1.165, 1.54) is 32.0 Å². The molecule has 1 aromatic heterocycles. The zero-order valence-corrected chi connectivity index (χ0v) is 20.7. The molecular formula is C23H28F3N3O8. The molecule has 0 saturated carbocycles. The van der Waals surface area contributed by atoms with Gasteiger partial charge in [0.1, 0.15) is 22.9 Å². The molecule has 204 valence electrons. The minimum atomic E-state index is -5.48. The van der Waals surface area contributed by atoms with Gasteiger partial charge in [0, 0.05) is 19.1 Å². The van der Waals surface area contributed by atoms with Crippen molar-refractivity contribution in [2.24, 2.45) is 16.8 Å². The van der Waals surface area contributed by atoms with Gasteiger partial charge in [-0.2, -0.15) is 13.2 Å². The second-order valence-electron chi connectivity index (χ2n) is 7.97. The SMILES string of the molecule is CCOC(=O)C1C(C(OCC)OCC)=NC(O)(C(F)(F)F)C(C(=O)OCC)C1c1cccc2nonc12. The number of hydrogen-bond acceptors (Lipinski definition) is 11. The molecule has 4 atom stereocenters. The predicted octanol–water partition coefficient (Wildman–Crippen LogP) is 2.77. The van der Waals surface area contributed by atoms with E-state index in [1.807, 2.05) is 0 Å². The highest BCUT2D eigenvalue weighted by atomic mass is 19.4. The Labute approximate surface area is 209 Å². The molecule has 0 fully saturated rings. The van der Waals surface area contributed by atoms with E-state index in [9.17, 15) is 27.9 Å². The van der Waals surface area contributed by atoms with Crippen molar-refractivity contribution >= 4 is 28.7 Å². The van der Waals surface area contributed by atoms with Crippen molar-refractivity contribution in [1.82, 2.24) is 10.3 Å². The Bertz CT molecular complexity index is 1130. The first kappa shape index (κ1) is 28.5. The Hall–Kier alpha value is -3.10. The number of benzene rings is 1. The molecule has 1 N–H and O–H groups in total. The van der Waals surface area contributed by atoms with Crippen LogP contribution in [-0.4, -0.2) is 77.7 Å². The molecule has 2 aromatic rings. The molecule has 2 heterocycles. The minimum absolute atomic E-state index is 0.0220. The van der Waals surface area contributed by atoms with Crippen LogP contribution in [0.3, 0.4) is 0 Å². The first-order valence-electron chi connectivity index (χ1n) is 11.7. The summed E-state index contributed by atoms with van der Waals surface area (Å²) in [6.45, 7) is 5.53. The van der Waals surface area contributed by atoms with E-state index in [0.717, 1.165) is 0 Å². The summed E-state index contributed by atoms with van der Waals surface area (Å²) in [4.78, 5) is 30.1. The van der Waals surface area contributed by atoms with Gasteiger partial charge in [0.25, 0.3) is 5.72 Å². The fourth-order valence-electron chi connectivity index (χ4n) is 4.42. The smallest absolute Gasteiger partial charge is 0.439 e. The molecule has 0 bridgehead atoms. The number of aliphatic imine (C=N–C) groups is 1. The summed E-state index contributed by atoms with van der Waals surface area (Å²) in [5, 5.41) is 18.6. The van der Waals surface area contributed by atoms with E-state index in [0.29, 0.717) is 0 Å². The maximum Gasteiger partial charge on any atom is 0.439 e. The van der Waals surface area contributed by atoms with Crippen LogP contribution in [0.5, 0.6) is 0 Å². The lowest BCUT2D eigenvalue weighted by Gasteiger charge is -2.45. The fourth-order valence-corrected chi connectivity index (χ4v) is 4.42. The molecule has 4 unspecified atom stereocenters. The standard InChI is InChI=1S/C23H28F3N3O8/c1-5-33-19(30)15-14(12-10-9-11-13-17(12)29-37-28-13)16(20(31)34-6-2)22(32,23(24,25)26)27-18(15)21(35-7-3)36-8-4/h9-11,14-16,21,32H,5-8H2,1-4H3. The summed E-state index contributed by atoms with van der Waals surface area (Å²) in [6, 6.07) is 4.27. The van der Waals surface area contributed by atoms with Gasteiger partial charge >= 0.3 is 18.1 Å². The third-order valence-electron chi connectivity index (χ3n) is 5.82. The Morgan fingerprint density at radius 3 is 2.22 bits per heavy atom. The number of aliphatic hydroxyl groups is 1. The molecular weight excluding hydrogens is 503 g/mol. The van der Waals surface area contributed by atoms with Gasteiger partial charge in [-0.3, -0.25) is 9.59 Å². The quantitative estimate of drug-likeness (QED) is 0.359. The highest BCUT2D eigenvalue weighted by molar-refractivity contribution is 6.07. The van der Waals surface area contributed by atoms with Gasteiger partial charge in [0.2, 0.25) is 0 Å². The van der Waals surface area contributed by atoms with Crippen LogP contribution in [0, 0.1) is 11.8 Å². The highest BCUT2D eigenvalue weighted by Gasteiger charge is 2.69. The molecule has 11 nitrogen and oxygen atoms in total. The second-order valence-corrected chi connectivity index (χ2v) is 7.97. The lowest BCUT2D eigenvalue weighted by molar-refractivity contribution is -0.282. The topological polar surface area (TPSA) is 143 Å². The Morgan fingerprint density at radius 2 is 1.65 bits per heavy atom. The van der Waals surface area contributed by atoms with Crippen molar-refractivity contribution in [3.05, 3.63) is 23.8 Å². The molecule has 3 rings (SSSR count). The number of esters is 2. The molecule has 0 spiro atoms. The largest absolute Gasteiger partial charge is 0.466 e. The number of hydrogen-bond donors (Lipinski definition) is 1. The van der Waals surface area contributed by atoms with Crippen LogP contribution >= 0.6 is 0 Å². The van der Waals surface area contributed by atoms with Gasteiger partial charge in [-0.25, -0.2) is 9.62 Å². The maximum absolute atomic E-state index is 14.6. The van der Waals surface area contributed by atoms with Crippen LogP contribution in [0.1, 0.15) is 39.2 Å². The monoisotopic (exact) mass is 531 g/mol. The van der Waals surface area contributed by atoms with Gasteiger partial charge in [0.15, 0.2) is 6.29 Å². The van der Waals surface area contributed by atoms with E-state index in [2.05, 4.69) is 15.3 Å². The lowest BCUT2D eigenvalue weighted by atomic mass is 9.67. The second kappa shape index (κ2) is 11.5. The van der Waals surface area contributed by atoms with E-state index in [1.54, 1.807) is 13.8 Å². The van der Waals surface area contributed by atoms with Crippen molar-refractivity contribution in [1.29, 1.82) is 0 Å². The minimum Gasteiger partial charge on any atom is -0.466 e. The Kier molecular flexibility index (Phi) is 8.87. The average molecular weight is 531 g/mol. The van der Waals surface area contributed by atoms with Gasteiger partial charge in [-0.05, 0) is 49.6 Å². The van der Waals surface area contributed by atoms with E-state index in [-0.39, 0.29) is 43.0 Å². The van der Waals surface area contributed by atoms with Crippen LogP contribution < -0.4 is 0 Å². The van der Waals surface area contributed by atoms with Crippen LogP contribution in [-0.2, 0) is 28.5 Å². The number of rotatable bonds is 10. The van der Waals surface area contributed by atoms with E-state index in [4.69, 9.17) is 23.6 Å². The number of carbonyl (C=O) groups is 2. The Balaban J connectivity index is 2.44. The number of ether oxygens (including phenoxy) is 4. The highest BCUT2D eigenvalue weighted by Crippen LogP contribution is 2.52. The molecule has 1 aliphatic rings. The molecule has 0 amide bonds. The van der Waals surface area contributed by atoms with E-state index < -0.39 is 53.6 Å². The van der Waals surface area contributed by atoms with E-state index >= 15 is 0 Å². The zero-order valence-electron chi connectivity index (χ0n) is 20.7. The van der Waals surface area contributed by atoms with Crippen LogP contribution in [0.15, 0.2) is 27.8 Å². The maximum atomic E-state index is 14.6. The molecule has 1 aliphatic heterocycles. The third kappa shape index (κ3) is 5.31. The average Bonchev–Trinajstić information content (AvgIpc) is 3.32. The number of carbonyl (C=O) groups excluding carboxylic acids is 2. The fraction of sp³-hybridized carbons (Fsp3) is 0.609. The predicted molar refractivity (Wildman–Crippen MR) is 120 cm³/mol. The summed E-state index contributed by atoms with van der Waals surface area (Å²) in [6.07, 6.45) is -7.05.